The number of H-pyrrole nitrogens is 1. The second kappa shape index (κ2) is 6.27. The van der Waals surface area contributed by atoms with Gasteiger partial charge in [-0.15, -0.1) is 10.2 Å². The largest absolute Gasteiger partial charge is 0.469 e. The summed E-state index contributed by atoms with van der Waals surface area (Å²) in [7, 11) is 0. The minimum Gasteiger partial charge on any atom is -0.469 e. The summed E-state index contributed by atoms with van der Waals surface area (Å²) in [5, 5.41) is 23.1. The summed E-state index contributed by atoms with van der Waals surface area (Å²) in [5.41, 5.74) is 2.29. The molecule has 3 heterocycles. The number of nitrogens with zero attached hydrogens (tertiary/aromatic N) is 4. The monoisotopic (exact) mass is 285 g/mol. The second-order valence-corrected chi connectivity index (χ2v) is 4.78. The van der Waals surface area contributed by atoms with Crippen molar-refractivity contribution in [1.82, 2.24) is 25.6 Å². The maximum absolute atomic E-state index is 9.88. The van der Waals surface area contributed by atoms with Gasteiger partial charge in [-0.3, -0.25) is 4.98 Å². The van der Waals surface area contributed by atoms with Crippen molar-refractivity contribution in [2.24, 2.45) is 0 Å². The first-order chi connectivity index (χ1) is 10.3. The molecular weight excluding hydrogens is 270 g/mol. The summed E-state index contributed by atoms with van der Waals surface area (Å²) in [6.45, 7) is 0. The van der Waals surface area contributed by atoms with Crippen LogP contribution in [0.1, 0.15) is 35.2 Å². The van der Waals surface area contributed by atoms with Crippen molar-refractivity contribution in [2.75, 3.05) is 0 Å². The Hall–Kier alpha value is -2.54. The van der Waals surface area contributed by atoms with Crippen molar-refractivity contribution < 1.29 is 9.52 Å². The van der Waals surface area contributed by atoms with Gasteiger partial charge in [-0.1, -0.05) is 5.21 Å². The van der Waals surface area contributed by atoms with Crippen LogP contribution in [-0.2, 0) is 12.8 Å². The standard InChI is InChI=1S/C14H15N5O2/c20-13(14-16-18-19-17-14)2-1-12-8-11(9-21-12)7-10-3-5-15-6-4-10/h3-6,8-9,13,20H,1-2,7H2,(H,16,17,18,19). The molecule has 0 aromatic carbocycles. The van der Waals surface area contributed by atoms with E-state index in [0.29, 0.717) is 18.7 Å². The lowest BCUT2D eigenvalue weighted by Gasteiger charge is -2.03. The van der Waals surface area contributed by atoms with Crippen molar-refractivity contribution >= 4 is 0 Å². The summed E-state index contributed by atoms with van der Waals surface area (Å²) in [6, 6.07) is 5.96. The molecule has 0 radical (unpaired) electrons. The maximum Gasteiger partial charge on any atom is 0.202 e. The molecule has 0 amide bonds. The topological polar surface area (TPSA) is 101 Å². The number of aromatic amines is 1. The molecule has 0 bridgehead atoms. The number of aliphatic hydroxyl groups excluding tert-OH is 1. The predicted octanol–water partition coefficient (Wildman–Crippen LogP) is 1.44. The Balaban J connectivity index is 1.55. The van der Waals surface area contributed by atoms with Crippen LogP contribution in [0, 0.1) is 0 Å². The molecule has 2 N–H and O–H groups in total. The lowest BCUT2D eigenvalue weighted by Crippen LogP contribution is -2.01. The minimum atomic E-state index is -0.738. The Morgan fingerprint density at radius 1 is 1.24 bits per heavy atom. The molecule has 0 aliphatic carbocycles. The van der Waals surface area contributed by atoms with Gasteiger partial charge in [0, 0.05) is 25.2 Å². The van der Waals surface area contributed by atoms with Gasteiger partial charge in [0.05, 0.1) is 6.26 Å². The quantitative estimate of drug-likeness (QED) is 0.710. The first-order valence-electron chi connectivity index (χ1n) is 6.68. The Morgan fingerprint density at radius 2 is 2.10 bits per heavy atom. The van der Waals surface area contributed by atoms with E-state index in [1.165, 1.54) is 5.56 Å². The van der Waals surface area contributed by atoms with Crippen LogP contribution < -0.4 is 0 Å². The fourth-order valence-electron chi connectivity index (χ4n) is 2.11. The Labute approximate surface area is 121 Å². The lowest BCUT2D eigenvalue weighted by molar-refractivity contribution is 0.156. The zero-order chi connectivity index (χ0) is 14.5. The van der Waals surface area contributed by atoms with Crippen LogP contribution in [-0.4, -0.2) is 30.7 Å². The zero-order valence-corrected chi connectivity index (χ0v) is 11.3. The molecular formula is C14H15N5O2. The molecule has 0 saturated carbocycles. The Kier molecular flexibility index (Phi) is 4.02. The van der Waals surface area contributed by atoms with Crippen LogP contribution in [0.15, 0.2) is 41.3 Å². The number of tetrazole rings is 1. The van der Waals surface area contributed by atoms with Crippen molar-refractivity contribution in [2.45, 2.75) is 25.4 Å². The summed E-state index contributed by atoms with van der Waals surface area (Å²) in [5.74, 6) is 1.14. The number of aryl methyl sites for hydroxylation is 1. The highest BCUT2D eigenvalue weighted by molar-refractivity contribution is 5.23. The molecule has 3 aromatic heterocycles. The van der Waals surface area contributed by atoms with Crippen molar-refractivity contribution in [3.8, 4) is 0 Å². The van der Waals surface area contributed by atoms with Gasteiger partial charge in [-0.05, 0) is 35.7 Å². The molecule has 21 heavy (non-hydrogen) atoms. The molecule has 3 rings (SSSR count). The van der Waals surface area contributed by atoms with Crippen molar-refractivity contribution in [3.05, 3.63) is 59.6 Å². The molecule has 1 unspecified atom stereocenters. The first kappa shape index (κ1) is 13.4. The van der Waals surface area contributed by atoms with Crippen LogP contribution in [0.2, 0.25) is 0 Å². The summed E-state index contributed by atoms with van der Waals surface area (Å²) < 4.78 is 5.51. The van der Waals surface area contributed by atoms with Gasteiger partial charge in [0.25, 0.3) is 0 Å². The average Bonchev–Trinajstić information content (AvgIpc) is 3.17. The highest BCUT2D eigenvalue weighted by atomic mass is 16.3. The van der Waals surface area contributed by atoms with E-state index in [1.54, 1.807) is 18.7 Å². The normalized spacial score (nSPS) is 12.4. The van der Waals surface area contributed by atoms with E-state index < -0.39 is 6.10 Å². The lowest BCUT2D eigenvalue weighted by atomic mass is 10.1. The van der Waals surface area contributed by atoms with E-state index in [0.717, 1.165) is 17.7 Å². The molecule has 0 fully saturated rings. The van der Waals surface area contributed by atoms with Crippen LogP contribution in [0.5, 0.6) is 0 Å². The fourth-order valence-corrected chi connectivity index (χ4v) is 2.11. The molecule has 7 nitrogen and oxygen atoms in total. The van der Waals surface area contributed by atoms with Crippen molar-refractivity contribution in [3.63, 3.8) is 0 Å². The molecule has 3 aromatic rings. The van der Waals surface area contributed by atoms with Crippen molar-refractivity contribution in [1.29, 1.82) is 0 Å². The van der Waals surface area contributed by atoms with Crippen LogP contribution >= 0.6 is 0 Å². The number of nitrogens with one attached hydrogen (secondary N) is 1. The third kappa shape index (κ3) is 3.51. The third-order valence-electron chi connectivity index (χ3n) is 3.19. The number of hydrogen-bond donors (Lipinski definition) is 2. The number of aliphatic hydroxyl groups is 1. The Morgan fingerprint density at radius 3 is 2.86 bits per heavy atom. The van der Waals surface area contributed by atoms with Gasteiger partial charge in [0.1, 0.15) is 11.9 Å². The first-order valence-corrected chi connectivity index (χ1v) is 6.68. The maximum atomic E-state index is 9.88. The van der Waals surface area contributed by atoms with E-state index in [1.807, 2.05) is 18.2 Å². The smallest absolute Gasteiger partial charge is 0.202 e. The highest BCUT2D eigenvalue weighted by Gasteiger charge is 2.13. The number of hydrogen-bond acceptors (Lipinski definition) is 6. The van der Waals surface area contributed by atoms with Crippen LogP contribution in [0.4, 0.5) is 0 Å². The zero-order valence-electron chi connectivity index (χ0n) is 11.3. The van der Waals surface area contributed by atoms with E-state index in [4.69, 9.17) is 4.42 Å². The number of aromatic nitrogens is 5. The summed E-state index contributed by atoms with van der Waals surface area (Å²) in [6.07, 6.45) is 6.47. The minimum absolute atomic E-state index is 0.304. The van der Waals surface area contributed by atoms with E-state index in [2.05, 4.69) is 25.6 Å². The molecule has 7 heteroatoms. The van der Waals surface area contributed by atoms with E-state index in [9.17, 15) is 5.11 Å². The summed E-state index contributed by atoms with van der Waals surface area (Å²) >= 11 is 0. The van der Waals surface area contributed by atoms with E-state index >= 15 is 0 Å². The average molecular weight is 285 g/mol. The third-order valence-corrected chi connectivity index (χ3v) is 3.19. The fraction of sp³-hybridized carbons (Fsp3) is 0.286. The molecule has 108 valence electrons. The molecule has 0 aliphatic rings. The van der Waals surface area contributed by atoms with Gasteiger partial charge in [0.15, 0.2) is 0 Å². The molecule has 1 atom stereocenters. The van der Waals surface area contributed by atoms with Gasteiger partial charge in [-0.2, -0.15) is 5.21 Å². The highest BCUT2D eigenvalue weighted by Crippen LogP contribution is 2.18. The second-order valence-electron chi connectivity index (χ2n) is 4.78. The van der Waals surface area contributed by atoms with Gasteiger partial charge in [0.2, 0.25) is 5.82 Å². The predicted molar refractivity (Wildman–Crippen MR) is 73.2 cm³/mol. The number of rotatable bonds is 6. The number of pyridine rings is 1. The van der Waals surface area contributed by atoms with Gasteiger partial charge in [-0.25, -0.2) is 0 Å². The number of furan rings is 1. The van der Waals surface area contributed by atoms with Gasteiger partial charge < -0.3 is 9.52 Å². The van der Waals surface area contributed by atoms with Gasteiger partial charge >= 0.3 is 0 Å². The van der Waals surface area contributed by atoms with Crippen LogP contribution in [0.3, 0.4) is 0 Å². The molecule has 0 aliphatic heterocycles. The van der Waals surface area contributed by atoms with Crippen LogP contribution in [0.25, 0.3) is 0 Å². The Bertz CT molecular complexity index is 666. The SMILES string of the molecule is OC(CCc1cc(Cc2ccncc2)co1)c1nn[nH]n1. The van der Waals surface area contributed by atoms with E-state index in [-0.39, 0.29) is 0 Å². The molecule has 0 spiro atoms. The summed E-state index contributed by atoms with van der Waals surface area (Å²) in [4.78, 5) is 3.99. The molecule has 0 saturated heterocycles.